The second-order valence-electron chi connectivity index (χ2n) is 6.45. The van der Waals surface area contributed by atoms with E-state index in [1.165, 1.54) is 0 Å². The molecule has 150 valence electrons. The van der Waals surface area contributed by atoms with Gasteiger partial charge in [-0.15, -0.1) is 0 Å². The number of halogens is 1. The number of nitrogens with zero attached hydrogens (tertiary/aromatic N) is 1. The molecule has 2 atom stereocenters. The van der Waals surface area contributed by atoms with Gasteiger partial charge in [-0.3, -0.25) is 14.6 Å². The number of carbonyl (C=O) groups is 3. The van der Waals surface area contributed by atoms with E-state index in [1.54, 1.807) is 30.5 Å². The molecule has 4 N–H and O–H groups in total. The monoisotopic (exact) mass is 458 g/mol. The van der Waals surface area contributed by atoms with Crippen LogP contribution >= 0.6 is 15.9 Å². The van der Waals surface area contributed by atoms with E-state index in [0.29, 0.717) is 5.69 Å². The smallest absolute Gasteiger partial charge is 0.322 e. The van der Waals surface area contributed by atoms with Crippen molar-refractivity contribution in [1.29, 1.82) is 0 Å². The van der Waals surface area contributed by atoms with Crippen molar-refractivity contribution in [1.82, 2.24) is 10.6 Å². The highest BCUT2D eigenvalue weighted by atomic mass is 79.9. The summed E-state index contributed by atoms with van der Waals surface area (Å²) in [5.41, 5.74) is 2.34. The van der Waals surface area contributed by atoms with Gasteiger partial charge in [-0.05, 0) is 42.3 Å². The Morgan fingerprint density at radius 3 is 2.55 bits per heavy atom. The van der Waals surface area contributed by atoms with Crippen molar-refractivity contribution in [3.63, 3.8) is 0 Å². The summed E-state index contributed by atoms with van der Waals surface area (Å²) in [6.45, 7) is -0.527. The number of fused-ring (bicyclic) bond motifs is 1. The van der Waals surface area contributed by atoms with Gasteiger partial charge in [-0.25, -0.2) is 4.79 Å². The molecule has 3 rings (SSSR count). The highest BCUT2D eigenvalue weighted by Crippen LogP contribution is 2.34. The molecular weight excluding hydrogens is 440 g/mol. The van der Waals surface area contributed by atoms with Crippen LogP contribution in [0.25, 0.3) is 0 Å². The molecule has 0 fully saturated rings. The van der Waals surface area contributed by atoms with Gasteiger partial charge in [0.05, 0.1) is 5.69 Å². The zero-order valence-electron chi connectivity index (χ0n) is 15.3. The zero-order valence-corrected chi connectivity index (χ0v) is 16.8. The number of benzene rings is 2. The molecule has 0 aliphatic carbocycles. The van der Waals surface area contributed by atoms with Crippen molar-refractivity contribution < 1.29 is 19.5 Å². The van der Waals surface area contributed by atoms with E-state index in [0.717, 1.165) is 15.7 Å². The summed E-state index contributed by atoms with van der Waals surface area (Å²) in [5.74, 6) is -1.90. The normalized spacial score (nSPS) is 15.3. The molecule has 3 amide bonds. The molecule has 0 radical (unpaired) electrons. The molecule has 29 heavy (non-hydrogen) atoms. The van der Waals surface area contributed by atoms with Crippen molar-refractivity contribution in [2.75, 3.05) is 11.9 Å². The molecule has 0 saturated carbocycles. The molecule has 8 nitrogen and oxygen atoms in total. The third kappa shape index (κ3) is 5.64. The van der Waals surface area contributed by atoms with Crippen LogP contribution in [0.4, 0.5) is 16.2 Å². The second kappa shape index (κ2) is 9.33. The van der Waals surface area contributed by atoms with Gasteiger partial charge in [-0.2, -0.15) is 0 Å². The van der Waals surface area contributed by atoms with E-state index >= 15 is 0 Å². The van der Waals surface area contributed by atoms with Gasteiger partial charge in [0.25, 0.3) is 0 Å². The molecule has 0 saturated heterocycles. The van der Waals surface area contributed by atoms with Gasteiger partial charge in [-0.1, -0.05) is 34.1 Å². The number of carboxylic acids is 1. The topological polar surface area (TPSA) is 120 Å². The minimum atomic E-state index is -1.16. The fourth-order valence-corrected chi connectivity index (χ4v) is 3.25. The van der Waals surface area contributed by atoms with Gasteiger partial charge < -0.3 is 21.1 Å². The Bertz CT molecular complexity index is 946. The number of hydrogen-bond donors (Lipinski definition) is 4. The molecule has 2 aromatic carbocycles. The van der Waals surface area contributed by atoms with Gasteiger partial charge in [0, 0.05) is 22.3 Å². The number of hydrogen-bond acceptors (Lipinski definition) is 4. The van der Waals surface area contributed by atoms with Crippen LogP contribution in [0.5, 0.6) is 0 Å². The van der Waals surface area contributed by atoms with Crippen LogP contribution in [0.15, 0.2) is 58.0 Å². The first-order valence-corrected chi connectivity index (χ1v) is 9.67. The summed E-state index contributed by atoms with van der Waals surface area (Å²) in [6.07, 6.45) is 1.98. The maximum absolute atomic E-state index is 12.5. The van der Waals surface area contributed by atoms with Crippen LogP contribution in [0.3, 0.4) is 0 Å². The molecule has 2 aromatic rings. The number of aliphatic imine (C=N–C) groups is 1. The Balaban J connectivity index is 1.70. The summed E-state index contributed by atoms with van der Waals surface area (Å²) >= 11 is 3.32. The van der Waals surface area contributed by atoms with Crippen LogP contribution in [0, 0.1) is 0 Å². The lowest BCUT2D eigenvalue weighted by Crippen LogP contribution is -2.49. The number of nitrogens with one attached hydrogen (secondary N) is 3. The predicted molar refractivity (Wildman–Crippen MR) is 113 cm³/mol. The fourth-order valence-electron chi connectivity index (χ4n) is 2.99. The lowest BCUT2D eigenvalue weighted by molar-refractivity contribution is -0.138. The average Bonchev–Trinajstić information content (AvgIpc) is 3.10. The third-order valence-corrected chi connectivity index (χ3v) is 4.89. The summed E-state index contributed by atoms with van der Waals surface area (Å²) in [5, 5.41) is 16.4. The van der Waals surface area contributed by atoms with E-state index in [4.69, 9.17) is 5.11 Å². The van der Waals surface area contributed by atoms with Crippen LogP contribution in [0.2, 0.25) is 0 Å². The molecule has 1 unspecified atom stereocenters. The summed E-state index contributed by atoms with van der Waals surface area (Å²) in [4.78, 5) is 40.0. The summed E-state index contributed by atoms with van der Waals surface area (Å²) in [7, 11) is 0. The molecule has 0 aromatic heterocycles. The number of rotatable bonds is 7. The van der Waals surface area contributed by atoms with Crippen LogP contribution in [-0.2, 0) is 9.59 Å². The molecule has 1 aliphatic rings. The van der Waals surface area contributed by atoms with E-state index < -0.39 is 30.5 Å². The van der Waals surface area contributed by atoms with E-state index in [1.807, 2.05) is 24.3 Å². The number of carbonyl (C=O) groups excluding carboxylic acids is 2. The van der Waals surface area contributed by atoms with Gasteiger partial charge in [0.2, 0.25) is 5.91 Å². The lowest BCUT2D eigenvalue weighted by Gasteiger charge is -2.21. The molecule has 0 spiro atoms. The Morgan fingerprint density at radius 2 is 1.83 bits per heavy atom. The van der Waals surface area contributed by atoms with E-state index in [9.17, 15) is 14.4 Å². The first kappa shape index (κ1) is 20.5. The van der Waals surface area contributed by atoms with Crippen molar-refractivity contribution in [3.8, 4) is 0 Å². The number of anilines is 1. The first-order valence-electron chi connectivity index (χ1n) is 8.88. The number of para-hydroxylation sites is 1. The van der Waals surface area contributed by atoms with Crippen LogP contribution in [-0.4, -0.2) is 41.8 Å². The largest absolute Gasteiger partial charge is 0.480 e. The Kier molecular flexibility index (Phi) is 6.61. The van der Waals surface area contributed by atoms with Gasteiger partial charge in [0.1, 0.15) is 12.6 Å². The minimum absolute atomic E-state index is 0.167. The first-order chi connectivity index (χ1) is 13.9. The summed E-state index contributed by atoms with van der Waals surface area (Å²) < 4.78 is 0.869. The average molecular weight is 459 g/mol. The second-order valence-corrected chi connectivity index (χ2v) is 7.36. The quantitative estimate of drug-likeness (QED) is 0.509. The molecule has 0 bridgehead atoms. The van der Waals surface area contributed by atoms with E-state index in [2.05, 4.69) is 36.9 Å². The van der Waals surface area contributed by atoms with E-state index in [-0.39, 0.29) is 12.3 Å². The number of aliphatic carboxylic acids is 1. The van der Waals surface area contributed by atoms with Crippen molar-refractivity contribution in [2.45, 2.75) is 18.4 Å². The standard InChI is InChI=1S/C20H19BrN4O4/c21-13-5-7-14(8-6-13)24-20(29)25-17(19(28)23-11-18(26)27)9-12-10-22-16-4-2-1-3-15(12)16/h1-8,10,12,17H,9,11H2,(H,23,28)(H,26,27)(H2,24,25,29)/t12?,17-/m0/s1. The SMILES string of the molecule is O=C(O)CNC(=O)[C@H](CC1C=Nc2ccccc21)NC(=O)Nc1ccc(Br)cc1. The summed E-state index contributed by atoms with van der Waals surface area (Å²) in [6, 6.07) is 13.0. The lowest BCUT2D eigenvalue weighted by atomic mass is 9.93. The van der Waals surface area contributed by atoms with Crippen molar-refractivity contribution >= 4 is 51.4 Å². The maximum atomic E-state index is 12.5. The van der Waals surface area contributed by atoms with Gasteiger partial charge >= 0.3 is 12.0 Å². The number of urea groups is 1. The Hall–Kier alpha value is -3.20. The molecule has 1 heterocycles. The molecule has 9 heteroatoms. The highest BCUT2D eigenvalue weighted by Gasteiger charge is 2.28. The van der Waals surface area contributed by atoms with Crippen LogP contribution < -0.4 is 16.0 Å². The zero-order chi connectivity index (χ0) is 20.8. The van der Waals surface area contributed by atoms with Crippen molar-refractivity contribution in [2.24, 2.45) is 4.99 Å². The maximum Gasteiger partial charge on any atom is 0.322 e. The number of carboxylic acid groups (broad SMARTS) is 1. The Labute approximate surface area is 175 Å². The fraction of sp³-hybridized carbons (Fsp3) is 0.200. The molecular formula is C20H19BrN4O4. The predicted octanol–water partition coefficient (Wildman–Crippen LogP) is 3.03. The van der Waals surface area contributed by atoms with Crippen molar-refractivity contribution in [3.05, 3.63) is 58.6 Å². The van der Waals surface area contributed by atoms with Crippen LogP contribution in [0.1, 0.15) is 17.9 Å². The minimum Gasteiger partial charge on any atom is -0.480 e. The Morgan fingerprint density at radius 1 is 1.10 bits per heavy atom. The van der Waals surface area contributed by atoms with Gasteiger partial charge in [0.15, 0.2) is 0 Å². The number of amides is 3. The highest BCUT2D eigenvalue weighted by molar-refractivity contribution is 9.10. The molecule has 1 aliphatic heterocycles. The third-order valence-electron chi connectivity index (χ3n) is 4.36.